The number of nitrogens with one attached hydrogen (secondary N) is 1. The number of nitrogens with zero attached hydrogens (tertiary/aromatic N) is 1. The zero-order valence-corrected chi connectivity index (χ0v) is 15.6. The number of fused-ring (bicyclic) bond motifs is 1. The van der Waals surface area contributed by atoms with E-state index in [0.29, 0.717) is 19.3 Å². The monoisotopic (exact) mass is 391 g/mol. The van der Waals surface area contributed by atoms with E-state index in [1.807, 2.05) is 30.3 Å². The lowest BCUT2D eigenvalue weighted by atomic mass is 10.0. The molecule has 7 heteroatoms. The van der Waals surface area contributed by atoms with Gasteiger partial charge in [0, 0.05) is 10.2 Å². The Morgan fingerprint density at radius 3 is 2.64 bits per heavy atom. The number of carboxylic acids is 2. The molecule has 0 bridgehead atoms. The molecule has 1 aromatic rings. The van der Waals surface area contributed by atoms with Gasteiger partial charge in [0.05, 0.1) is 6.04 Å². The largest absolute Gasteiger partial charge is 0.480 e. The van der Waals surface area contributed by atoms with Crippen LogP contribution in [-0.2, 0) is 20.8 Å². The molecule has 2 fully saturated rings. The van der Waals surface area contributed by atoms with Crippen LogP contribution in [0.25, 0.3) is 0 Å². The Kier molecular flexibility index (Phi) is 5.16. The fourth-order valence-electron chi connectivity index (χ4n) is 4.48. The minimum absolute atomic E-state index is 0.0376. The molecule has 3 N–H and O–H groups in total. The molecule has 1 saturated carbocycles. The van der Waals surface area contributed by atoms with Crippen molar-refractivity contribution in [3.8, 4) is 0 Å². The van der Waals surface area contributed by atoms with Crippen LogP contribution in [0.2, 0.25) is 0 Å². The number of amides is 1. The van der Waals surface area contributed by atoms with Crippen LogP contribution in [-0.4, -0.2) is 57.1 Å². The summed E-state index contributed by atoms with van der Waals surface area (Å²) in [7, 11) is 0. The van der Waals surface area contributed by atoms with Crippen molar-refractivity contribution in [2.45, 2.75) is 69.5 Å². The average molecular weight is 391 g/mol. The first kappa shape index (κ1) is 16.5. The minimum atomic E-state index is -2.82. The third kappa shape index (κ3) is 4.35. The molecular formula is C21H28N2O5. The van der Waals surface area contributed by atoms with Crippen molar-refractivity contribution >= 4 is 17.8 Å². The number of hydrogen-bond acceptors (Lipinski definition) is 4. The van der Waals surface area contributed by atoms with Gasteiger partial charge in [-0.2, -0.15) is 0 Å². The molecule has 1 aromatic carbocycles. The van der Waals surface area contributed by atoms with Crippen LogP contribution in [0.3, 0.4) is 0 Å². The molecule has 3 rings (SSSR count). The molecule has 1 aliphatic carbocycles. The Morgan fingerprint density at radius 2 is 2.00 bits per heavy atom. The number of rotatable bonds is 8. The lowest BCUT2D eigenvalue weighted by Gasteiger charge is -2.31. The summed E-state index contributed by atoms with van der Waals surface area (Å²) in [6.45, 7) is -2.82. The second-order valence-corrected chi connectivity index (χ2v) is 7.61. The summed E-state index contributed by atoms with van der Waals surface area (Å²) in [5, 5.41) is 21.8. The highest BCUT2D eigenvalue weighted by molar-refractivity contribution is 5.88. The van der Waals surface area contributed by atoms with Crippen LogP contribution < -0.4 is 5.32 Å². The molecular weight excluding hydrogens is 360 g/mol. The number of likely N-dealkylation sites (tertiary alicyclic amines) is 1. The van der Waals surface area contributed by atoms with Crippen molar-refractivity contribution in [3.63, 3.8) is 0 Å². The maximum absolute atomic E-state index is 13.3. The first-order valence-corrected chi connectivity index (χ1v) is 9.67. The van der Waals surface area contributed by atoms with E-state index in [1.165, 1.54) is 4.90 Å². The van der Waals surface area contributed by atoms with Gasteiger partial charge in [-0.05, 0) is 50.4 Å². The van der Waals surface area contributed by atoms with Gasteiger partial charge in [0.1, 0.15) is 12.1 Å². The van der Waals surface area contributed by atoms with E-state index in [9.17, 15) is 24.6 Å². The van der Waals surface area contributed by atoms with Gasteiger partial charge in [-0.3, -0.25) is 14.9 Å². The molecule has 5 unspecified atom stereocenters. The molecule has 7 nitrogen and oxygen atoms in total. The summed E-state index contributed by atoms with van der Waals surface area (Å²) in [5.41, 5.74) is 0.895. The summed E-state index contributed by atoms with van der Waals surface area (Å²) in [5.74, 6) is -3.23. The lowest BCUT2D eigenvalue weighted by molar-refractivity contribution is -0.151. The molecule has 1 saturated heterocycles. The highest BCUT2D eigenvalue weighted by Crippen LogP contribution is 2.41. The van der Waals surface area contributed by atoms with Crippen LogP contribution in [0.15, 0.2) is 30.3 Å². The SMILES string of the molecule is [2H]C([2H])([2H])C(NC(CCc1ccccc1)C(=O)O)C(=O)N1C(C(=O)O)CC2CCCC21. The molecule has 1 aliphatic heterocycles. The van der Waals surface area contributed by atoms with E-state index in [2.05, 4.69) is 5.32 Å². The smallest absolute Gasteiger partial charge is 0.326 e. The van der Waals surface area contributed by atoms with E-state index in [1.54, 1.807) is 0 Å². The first-order chi connectivity index (χ1) is 14.6. The Hall–Kier alpha value is -2.41. The van der Waals surface area contributed by atoms with E-state index in [0.717, 1.165) is 18.4 Å². The number of carbonyl (C=O) groups excluding carboxylic acids is 1. The van der Waals surface area contributed by atoms with E-state index < -0.39 is 42.8 Å². The van der Waals surface area contributed by atoms with Gasteiger partial charge in [-0.15, -0.1) is 0 Å². The Bertz CT molecular complexity index is 817. The highest BCUT2D eigenvalue weighted by atomic mass is 16.4. The maximum atomic E-state index is 13.3. The van der Waals surface area contributed by atoms with Crippen LogP contribution in [0.1, 0.15) is 48.6 Å². The molecule has 1 heterocycles. The average Bonchev–Trinajstić information content (AvgIpc) is 3.28. The van der Waals surface area contributed by atoms with Gasteiger partial charge in [-0.25, -0.2) is 4.79 Å². The van der Waals surface area contributed by atoms with E-state index in [4.69, 9.17) is 4.11 Å². The molecule has 0 spiro atoms. The molecule has 1 amide bonds. The molecule has 0 aromatic heterocycles. The van der Waals surface area contributed by atoms with Crippen LogP contribution in [0.4, 0.5) is 0 Å². The number of aliphatic carboxylic acids is 2. The van der Waals surface area contributed by atoms with Crippen molar-refractivity contribution in [2.24, 2.45) is 5.92 Å². The topological polar surface area (TPSA) is 107 Å². The maximum Gasteiger partial charge on any atom is 0.326 e. The number of carboxylic acid groups (broad SMARTS) is 2. The quantitative estimate of drug-likeness (QED) is 0.625. The third-order valence-electron chi connectivity index (χ3n) is 5.85. The molecule has 5 atom stereocenters. The minimum Gasteiger partial charge on any atom is -0.480 e. The lowest BCUT2D eigenvalue weighted by Crippen LogP contribution is -2.55. The predicted octanol–water partition coefficient (Wildman–Crippen LogP) is 1.90. The summed E-state index contributed by atoms with van der Waals surface area (Å²) in [6, 6.07) is 4.72. The van der Waals surface area contributed by atoms with Crippen molar-refractivity contribution < 1.29 is 28.7 Å². The number of hydrogen-bond donors (Lipinski definition) is 3. The normalized spacial score (nSPS) is 27.9. The Labute approximate surface area is 168 Å². The molecule has 28 heavy (non-hydrogen) atoms. The molecule has 152 valence electrons. The van der Waals surface area contributed by atoms with Crippen LogP contribution in [0, 0.1) is 5.92 Å². The second kappa shape index (κ2) is 8.73. The van der Waals surface area contributed by atoms with Gasteiger partial charge in [0.2, 0.25) is 5.91 Å². The first-order valence-electron chi connectivity index (χ1n) is 11.2. The van der Waals surface area contributed by atoms with Gasteiger partial charge < -0.3 is 15.1 Å². The summed E-state index contributed by atoms with van der Waals surface area (Å²) >= 11 is 0. The van der Waals surface area contributed by atoms with Crippen LogP contribution in [0.5, 0.6) is 0 Å². The molecule has 0 radical (unpaired) electrons. The fourth-order valence-corrected chi connectivity index (χ4v) is 4.48. The number of benzene rings is 1. The zero-order valence-electron chi connectivity index (χ0n) is 18.6. The Morgan fingerprint density at radius 1 is 1.25 bits per heavy atom. The van der Waals surface area contributed by atoms with Crippen molar-refractivity contribution in [3.05, 3.63) is 35.9 Å². The fraction of sp³-hybridized carbons (Fsp3) is 0.571. The summed E-state index contributed by atoms with van der Waals surface area (Å²) in [6.07, 6.45) is 3.07. The highest BCUT2D eigenvalue weighted by Gasteiger charge is 2.49. The second-order valence-electron chi connectivity index (χ2n) is 7.61. The van der Waals surface area contributed by atoms with Crippen molar-refractivity contribution in [2.75, 3.05) is 0 Å². The van der Waals surface area contributed by atoms with Crippen molar-refractivity contribution in [1.29, 1.82) is 0 Å². The third-order valence-corrected chi connectivity index (χ3v) is 5.85. The summed E-state index contributed by atoms with van der Waals surface area (Å²) in [4.78, 5) is 38.1. The Balaban J connectivity index is 1.80. The molecule has 2 aliphatic rings. The van der Waals surface area contributed by atoms with E-state index in [-0.39, 0.29) is 18.4 Å². The zero-order chi connectivity index (χ0) is 22.8. The standard InChI is InChI=1S/C21H28N2O5/c1-13(22-16(20(25)26)11-10-14-6-3-2-4-7-14)19(24)23-17-9-5-8-15(17)12-18(23)21(27)28/h2-4,6-7,13,15-18,22H,5,8-12H2,1H3,(H,25,26)(H,27,28)/i1D3. The van der Waals surface area contributed by atoms with Crippen molar-refractivity contribution in [1.82, 2.24) is 10.2 Å². The predicted molar refractivity (Wildman–Crippen MR) is 103 cm³/mol. The van der Waals surface area contributed by atoms with Gasteiger partial charge in [-0.1, -0.05) is 36.8 Å². The number of carbonyl (C=O) groups is 3. The van der Waals surface area contributed by atoms with Gasteiger partial charge in [0.25, 0.3) is 0 Å². The summed E-state index contributed by atoms with van der Waals surface area (Å²) < 4.78 is 23.6. The van der Waals surface area contributed by atoms with Gasteiger partial charge in [0.15, 0.2) is 0 Å². The van der Waals surface area contributed by atoms with Crippen LogP contribution >= 0.6 is 0 Å². The van der Waals surface area contributed by atoms with Gasteiger partial charge >= 0.3 is 11.9 Å². The van der Waals surface area contributed by atoms with E-state index >= 15 is 0 Å². The number of aryl methyl sites for hydroxylation is 1.